The van der Waals surface area contributed by atoms with Gasteiger partial charge in [0.05, 0.1) is 19.4 Å². The van der Waals surface area contributed by atoms with E-state index in [0.29, 0.717) is 12.4 Å². The van der Waals surface area contributed by atoms with Gasteiger partial charge in [-0.1, -0.05) is 18.7 Å². The molecule has 0 radical (unpaired) electrons. The van der Waals surface area contributed by atoms with E-state index in [4.69, 9.17) is 29.1 Å². The molecule has 1 aliphatic carbocycles. The van der Waals surface area contributed by atoms with Gasteiger partial charge in [-0.15, -0.1) is 0 Å². The van der Waals surface area contributed by atoms with E-state index >= 15 is 0 Å². The Kier molecular flexibility index (Phi) is 7.35. The fourth-order valence-electron chi connectivity index (χ4n) is 3.53. The van der Waals surface area contributed by atoms with Crippen molar-refractivity contribution in [1.29, 1.82) is 0 Å². The highest BCUT2D eigenvalue weighted by Crippen LogP contribution is 2.39. The molecule has 1 saturated heterocycles. The largest absolute Gasteiger partial charge is 0.484 e. The first-order chi connectivity index (χ1) is 14.7. The van der Waals surface area contributed by atoms with Crippen LogP contribution in [0.25, 0.3) is 5.57 Å². The molecule has 1 N–H and O–H groups in total. The quantitative estimate of drug-likeness (QED) is 0.462. The van der Waals surface area contributed by atoms with E-state index in [-0.39, 0.29) is 25.6 Å². The van der Waals surface area contributed by atoms with Crippen LogP contribution in [-0.4, -0.2) is 47.8 Å². The van der Waals surface area contributed by atoms with Crippen molar-refractivity contribution in [2.45, 2.75) is 69.9 Å². The van der Waals surface area contributed by atoms with E-state index < -0.39 is 23.3 Å². The Morgan fingerprint density at radius 2 is 1.87 bits per heavy atom. The van der Waals surface area contributed by atoms with Crippen molar-refractivity contribution in [3.05, 3.63) is 36.4 Å². The van der Waals surface area contributed by atoms with Crippen LogP contribution >= 0.6 is 0 Å². The van der Waals surface area contributed by atoms with Crippen molar-refractivity contribution in [3.8, 4) is 5.75 Å². The highest BCUT2D eigenvalue weighted by molar-refractivity contribution is 5.76. The minimum atomic E-state index is -1.04. The lowest BCUT2D eigenvalue weighted by atomic mass is 10.0. The third kappa shape index (κ3) is 6.53. The zero-order chi connectivity index (χ0) is 22.5. The van der Waals surface area contributed by atoms with Gasteiger partial charge in [0, 0.05) is 12.8 Å². The summed E-state index contributed by atoms with van der Waals surface area (Å²) in [5.74, 6) is -1.59. The molecule has 1 spiro atoms. The van der Waals surface area contributed by atoms with E-state index in [1.54, 1.807) is 26.0 Å². The SMILES string of the molecule is C=C(c1ccc(OC(C)(C)COC(=O)CCC(=O)O)cc1)C1COC2(CCCC2)OO1. The normalized spacial score (nSPS) is 20.4. The zero-order valence-electron chi connectivity index (χ0n) is 18.1. The summed E-state index contributed by atoms with van der Waals surface area (Å²) in [5, 5.41) is 8.62. The van der Waals surface area contributed by atoms with Crippen molar-refractivity contribution in [2.24, 2.45) is 0 Å². The molecule has 1 aromatic carbocycles. The lowest BCUT2D eigenvalue weighted by Crippen LogP contribution is -2.43. The number of ether oxygens (including phenoxy) is 3. The number of benzene rings is 1. The molecule has 1 aliphatic heterocycles. The second kappa shape index (κ2) is 9.80. The first-order valence-corrected chi connectivity index (χ1v) is 10.5. The summed E-state index contributed by atoms with van der Waals surface area (Å²) in [5.41, 5.74) is 0.858. The van der Waals surface area contributed by atoms with Gasteiger partial charge in [-0.2, -0.15) is 0 Å². The molecule has 8 nitrogen and oxygen atoms in total. The molecule has 0 amide bonds. The highest BCUT2D eigenvalue weighted by atomic mass is 17.2. The summed E-state index contributed by atoms with van der Waals surface area (Å²) in [6, 6.07) is 7.35. The van der Waals surface area contributed by atoms with Crippen molar-refractivity contribution < 1.29 is 38.7 Å². The second-order valence-corrected chi connectivity index (χ2v) is 8.56. The fraction of sp³-hybridized carbons (Fsp3) is 0.565. The summed E-state index contributed by atoms with van der Waals surface area (Å²) in [4.78, 5) is 33.3. The third-order valence-electron chi connectivity index (χ3n) is 5.31. The van der Waals surface area contributed by atoms with Crippen LogP contribution in [0.1, 0.15) is 57.9 Å². The van der Waals surface area contributed by atoms with Crippen molar-refractivity contribution >= 4 is 17.5 Å². The Balaban J connectivity index is 1.48. The van der Waals surface area contributed by atoms with Crippen LogP contribution < -0.4 is 4.74 Å². The number of hydrogen-bond acceptors (Lipinski definition) is 7. The maximum atomic E-state index is 11.6. The smallest absolute Gasteiger partial charge is 0.306 e. The standard InChI is InChI=1S/C23H30O8/c1-16(19-14-28-23(31-30-19)12-4-5-13-23)17-6-8-18(9-7-17)29-22(2,3)15-27-21(26)11-10-20(24)25/h6-9,19H,1,4-5,10-15H2,2-3H3,(H,24,25). The van der Waals surface area contributed by atoms with Crippen molar-refractivity contribution in [2.75, 3.05) is 13.2 Å². The third-order valence-corrected chi connectivity index (χ3v) is 5.31. The summed E-state index contributed by atoms with van der Waals surface area (Å²) in [6.07, 6.45) is 3.06. The fourth-order valence-corrected chi connectivity index (χ4v) is 3.53. The molecule has 1 unspecified atom stereocenters. The summed E-state index contributed by atoms with van der Waals surface area (Å²) in [7, 11) is 0. The van der Waals surface area contributed by atoms with Crippen LogP contribution in [0.5, 0.6) is 5.75 Å². The Morgan fingerprint density at radius 1 is 1.19 bits per heavy atom. The number of carboxylic acids is 1. The average Bonchev–Trinajstić information content (AvgIpc) is 3.19. The maximum Gasteiger partial charge on any atom is 0.306 e. The van der Waals surface area contributed by atoms with Gasteiger partial charge in [0.1, 0.15) is 24.1 Å². The molecule has 1 saturated carbocycles. The number of hydrogen-bond donors (Lipinski definition) is 1. The van der Waals surface area contributed by atoms with Crippen LogP contribution in [0, 0.1) is 0 Å². The number of carbonyl (C=O) groups excluding carboxylic acids is 1. The molecule has 2 aliphatic rings. The van der Waals surface area contributed by atoms with Crippen molar-refractivity contribution in [3.63, 3.8) is 0 Å². The summed E-state index contributed by atoms with van der Waals surface area (Å²) >= 11 is 0. The highest BCUT2D eigenvalue weighted by Gasteiger charge is 2.42. The lowest BCUT2D eigenvalue weighted by Gasteiger charge is -2.36. The van der Waals surface area contributed by atoms with Crippen LogP contribution in [0.4, 0.5) is 0 Å². The van der Waals surface area contributed by atoms with Gasteiger partial charge in [-0.25, -0.2) is 9.78 Å². The molecule has 0 aromatic heterocycles. The molecular weight excluding hydrogens is 404 g/mol. The zero-order valence-corrected chi connectivity index (χ0v) is 18.1. The molecule has 0 bridgehead atoms. The lowest BCUT2D eigenvalue weighted by molar-refractivity contribution is -0.475. The Morgan fingerprint density at radius 3 is 2.45 bits per heavy atom. The van der Waals surface area contributed by atoms with Gasteiger partial charge in [0.25, 0.3) is 0 Å². The van der Waals surface area contributed by atoms with Crippen LogP contribution in [-0.2, 0) is 28.8 Å². The molecule has 8 heteroatoms. The summed E-state index contributed by atoms with van der Waals surface area (Å²) in [6.45, 7) is 8.10. The summed E-state index contributed by atoms with van der Waals surface area (Å²) < 4.78 is 17.0. The van der Waals surface area contributed by atoms with Gasteiger partial charge >= 0.3 is 11.9 Å². The minimum Gasteiger partial charge on any atom is -0.484 e. The average molecular weight is 434 g/mol. The number of esters is 1. The van der Waals surface area contributed by atoms with Crippen molar-refractivity contribution in [1.82, 2.24) is 0 Å². The number of carboxylic acid groups (broad SMARTS) is 1. The Bertz CT molecular complexity index is 782. The predicted molar refractivity (Wildman–Crippen MR) is 111 cm³/mol. The topological polar surface area (TPSA) is 101 Å². The first kappa shape index (κ1) is 23.2. The van der Waals surface area contributed by atoms with Gasteiger partial charge in [0.2, 0.25) is 5.79 Å². The molecule has 170 valence electrons. The van der Waals surface area contributed by atoms with E-state index in [1.807, 2.05) is 12.1 Å². The number of carbonyl (C=O) groups is 2. The monoisotopic (exact) mass is 434 g/mol. The van der Waals surface area contributed by atoms with Crippen LogP contribution in [0.2, 0.25) is 0 Å². The van der Waals surface area contributed by atoms with Gasteiger partial charge in [-0.3, -0.25) is 9.59 Å². The Hall–Kier alpha value is -2.42. The van der Waals surface area contributed by atoms with E-state index in [1.165, 1.54) is 0 Å². The molecule has 2 fully saturated rings. The van der Waals surface area contributed by atoms with E-state index in [9.17, 15) is 9.59 Å². The van der Waals surface area contributed by atoms with Crippen LogP contribution in [0.15, 0.2) is 30.8 Å². The Labute approximate surface area is 182 Å². The van der Waals surface area contributed by atoms with Gasteiger partial charge in [0.15, 0.2) is 0 Å². The van der Waals surface area contributed by atoms with Gasteiger partial charge < -0.3 is 19.3 Å². The molecule has 3 rings (SSSR count). The molecular formula is C23H30O8. The molecule has 31 heavy (non-hydrogen) atoms. The first-order valence-electron chi connectivity index (χ1n) is 10.5. The van der Waals surface area contributed by atoms with Gasteiger partial charge in [-0.05, 0) is 50.0 Å². The van der Waals surface area contributed by atoms with E-state index in [2.05, 4.69) is 6.58 Å². The maximum absolute atomic E-state index is 11.6. The predicted octanol–water partition coefficient (Wildman–Crippen LogP) is 3.88. The second-order valence-electron chi connectivity index (χ2n) is 8.56. The minimum absolute atomic E-state index is 0.00620. The molecule has 1 atom stereocenters. The number of aliphatic carboxylic acids is 1. The number of rotatable bonds is 9. The molecule has 1 heterocycles. The van der Waals surface area contributed by atoms with E-state index in [0.717, 1.165) is 36.8 Å². The molecule has 1 aromatic rings. The van der Waals surface area contributed by atoms with Crippen LogP contribution in [0.3, 0.4) is 0 Å².